The molecule has 1 aromatic rings. The molecule has 1 amide bonds. The number of nitrogens with one attached hydrogen (secondary N) is 1. The van der Waals surface area contributed by atoms with Crippen molar-refractivity contribution in [1.82, 2.24) is 4.90 Å². The number of nitrogens with zero attached hydrogens (tertiary/aromatic N) is 1. The highest BCUT2D eigenvalue weighted by atomic mass is 16.2. The molecule has 0 aliphatic carbocycles. The Kier molecular flexibility index (Phi) is 4.37. The fourth-order valence-electron chi connectivity index (χ4n) is 2.51. The van der Waals surface area contributed by atoms with Crippen molar-refractivity contribution < 1.29 is 4.79 Å². The number of anilines is 1. The Hall–Kier alpha value is -1.35. The van der Waals surface area contributed by atoms with Crippen LogP contribution in [0.2, 0.25) is 0 Å². The van der Waals surface area contributed by atoms with Crippen molar-refractivity contribution in [3.8, 4) is 0 Å². The van der Waals surface area contributed by atoms with Gasteiger partial charge in [0.15, 0.2) is 0 Å². The van der Waals surface area contributed by atoms with Crippen molar-refractivity contribution in [3.63, 3.8) is 0 Å². The number of benzene rings is 1. The number of piperidine rings is 1. The topological polar surface area (TPSA) is 32.3 Å². The molecule has 0 radical (unpaired) electrons. The normalized spacial score (nSPS) is 22.4. The molecule has 1 fully saturated rings. The monoisotopic (exact) mass is 246 g/mol. The molecule has 98 valence electrons. The van der Waals surface area contributed by atoms with E-state index in [1.807, 2.05) is 37.3 Å². The third-order valence-electron chi connectivity index (χ3n) is 3.66. The van der Waals surface area contributed by atoms with Gasteiger partial charge in [-0.15, -0.1) is 0 Å². The van der Waals surface area contributed by atoms with E-state index in [0.29, 0.717) is 5.92 Å². The summed E-state index contributed by atoms with van der Waals surface area (Å²) in [6.45, 7) is 6.32. The van der Waals surface area contributed by atoms with Crippen molar-refractivity contribution >= 4 is 11.6 Å². The summed E-state index contributed by atoms with van der Waals surface area (Å²) in [7, 11) is 0. The first-order valence-electron chi connectivity index (χ1n) is 6.77. The van der Waals surface area contributed by atoms with Crippen LogP contribution in [0.1, 0.15) is 26.7 Å². The predicted octanol–water partition coefficient (Wildman–Crippen LogP) is 2.75. The fourth-order valence-corrected chi connectivity index (χ4v) is 2.51. The maximum atomic E-state index is 12.2. The maximum absolute atomic E-state index is 12.2. The number of hydrogen-bond donors (Lipinski definition) is 1. The second-order valence-corrected chi connectivity index (χ2v) is 5.27. The fraction of sp³-hybridized carbons (Fsp3) is 0.533. The van der Waals surface area contributed by atoms with Gasteiger partial charge in [0.1, 0.15) is 0 Å². The highest BCUT2D eigenvalue weighted by molar-refractivity contribution is 5.94. The van der Waals surface area contributed by atoms with E-state index >= 15 is 0 Å². The molecule has 3 heteroatoms. The molecular weight excluding hydrogens is 224 g/mol. The lowest BCUT2D eigenvalue weighted by Crippen LogP contribution is -2.46. The molecule has 1 aliphatic heterocycles. The van der Waals surface area contributed by atoms with Crippen LogP contribution in [0, 0.1) is 5.92 Å². The van der Waals surface area contributed by atoms with Crippen LogP contribution in [-0.4, -0.2) is 29.9 Å². The average molecular weight is 246 g/mol. The molecule has 18 heavy (non-hydrogen) atoms. The van der Waals surface area contributed by atoms with Crippen molar-refractivity contribution in [2.45, 2.75) is 32.7 Å². The molecule has 1 aromatic carbocycles. The van der Waals surface area contributed by atoms with Gasteiger partial charge in [-0.3, -0.25) is 9.69 Å². The summed E-state index contributed by atoms with van der Waals surface area (Å²) in [5, 5.41) is 2.97. The van der Waals surface area contributed by atoms with E-state index in [1.165, 1.54) is 12.8 Å². The van der Waals surface area contributed by atoms with Crippen LogP contribution in [0.4, 0.5) is 5.69 Å². The Morgan fingerprint density at radius 2 is 2.11 bits per heavy atom. The standard InChI is InChI=1S/C15H22N2O/c1-12-7-6-10-17(11-12)13(2)15(18)16-14-8-4-3-5-9-14/h3-5,8-9,12-13H,6-7,10-11H2,1-2H3,(H,16,18)/t12-,13-/m1/s1. The van der Waals surface area contributed by atoms with Crippen molar-refractivity contribution in [2.24, 2.45) is 5.92 Å². The number of rotatable bonds is 3. The van der Waals surface area contributed by atoms with Crippen LogP contribution >= 0.6 is 0 Å². The van der Waals surface area contributed by atoms with Crippen molar-refractivity contribution in [3.05, 3.63) is 30.3 Å². The van der Waals surface area contributed by atoms with Crippen LogP contribution in [0.15, 0.2) is 30.3 Å². The highest BCUT2D eigenvalue weighted by Crippen LogP contribution is 2.18. The lowest BCUT2D eigenvalue weighted by Gasteiger charge is -2.34. The van der Waals surface area contributed by atoms with Crippen molar-refractivity contribution in [2.75, 3.05) is 18.4 Å². The van der Waals surface area contributed by atoms with Gasteiger partial charge in [0.2, 0.25) is 5.91 Å². The Morgan fingerprint density at radius 3 is 2.78 bits per heavy atom. The zero-order valence-electron chi connectivity index (χ0n) is 11.2. The first-order valence-corrected chi connectivity index (χ1v) is 6.77. The van der Waals surface area contributed by atoms with Gasteiger partial charge in [-0.1, -0.05) is 25.1 Å². The van der Waals surface area contributed by atoms with Gasteiger partial charge >= 0.3 is 0 Å². The molecule has 1 heterocycles. The lowest BCUT2D eigenvalue weighted by atomic mass is 9.99. The number of carbonyl (C=O) groups excluding carboxylic acids is 1. The van der Waals surface area contributed by atoms with Crippen LogP contribution in [0.5, 0.6) is 0 Å². The van der Waals surface area contributed by atoms with Gasteiger partial charge < -0.3 is 5.32 Å². The second kappa shape index (κ2) is 6.01. The van der Waals surface area contributed by atoms with Crippen LogP contribution in [0.3, 0.4) is 0 Å². The van der Waals surface area contributed by atoms with Crippen LogP contribution in [-0.2, 0) is 4.79 Å². The molecule has 0 bridgehead atoms. The van der Waals surface area contributed by atoms with E-state index in [4.69, 9.17) is 0 Å². The molecule has 0 spiro atoms. The van der Waals surface area contributed by atoms with E-state index in [2.05, 4.69) is 17.1 Å². The van der Waals surface area contributed by atoms with E-state index < -0.39 is 0 Å². The van der Waals surface area contributed by atoms with Gasteiger partial charge in [-0.2, -0.15) is 0 Å². The summed E-state index contributed by atoms with van der Waals surface area (Å²) in [4.78, 5) is 14.4. The molecule has 0 unspecified atom stereocenters. The number of amides is 1. The minimum absolute atomic E-state index is 0.0482. The third-order valence-corrected chi connectivity index (χ3v) is 3.66. The zero-order valence-corrected chi connectivity index (χ0v) is 11.2. The lowest BCUT2D eigenvalue weighted by molar-refractivity contribution is -0.121. The van der Waals surface area contributed by atoms with Crippen LogP contribution in [0.25, 0.3) is 0 Å². The average Bonchev–Trinajstić information content (AvgIpc) is 2.39. The van der Waals surface area contributed by atoms with Gasteiger partial charge in [-0.05, 0) is 44.4 Å². The molecular formula is C15H22N2O. The number of carbonyl (C=O) groups is 1. The largest absolute Gasteiger partial charge is 0.325 e. The Balaban J connectivity index is 1.92. The molecule has 0 saturated carbocycles. The summed E-state index contributed by atoms with van der Waals surface area (Å²) in [6.07, 6.45) is 2.48. The summed E-state index contributed by atoms with van der Waals surface area (Å²) >= 11 is 0. The number of para-hydroxylation sites is 1. The van der Waals surface area contributed by atoms with Gasteiger partial charge in [0, 0.05) is 12.2 Å². The summed E-state index contributed by atoms with van der Waals surface area (Å²) in [5.41, 5.74) is 0.874. The van der Waals surface area contributed by atoms with Crippen molar-refractivity contribution in [1.29, 1.82) is 0 Å². The Labute approximate surface area is 109 Å². The third kappa shape index (κ3) is 3.33. The Bertz CT molecular complexity index is 391. The number of likely N-dealkylation sites (tertiary alicyclic amines) is 1. The Morgan fingerprint density at radius 1 is 1.39 bits per heavy atom. The maximum Gasteiger partial charge on any atom is 0.241 e. The molecule has 1 aliphatic rings. The second-order valence-electron chi connectivity index (χ2n) is 5.27. The predicted molar refractivity (Wildman–Crippen MR) is 74.5 cm³/mol. The van der Waals surface area contributed by atoms with E-state index in [9.17, 15) is 4.79 Å². The number of hydrogen-bond acceptors (Lipinski definition) is 2. The summed E-state index contributed by atoms with van der Waals surface area (Å²) in [5.74, 6) is 0.793. The van der Waals surface area contributed by atoms with Gasteiger partial charge in [0.05, 0.1) is 6.04 Å². The van der Waals surface area contributed by atoms with E-state index in [1.54, 1.807) is 0 Å². The zero-order chi connectivity index (χ0) is 13.0. The molecule has 0 aromatic heterocycles. The first kappa shape index (κ1) is 13.1. The quantitative estimate of drug-likeness (QED) is 0.889. The minimum Gasteiger partial charge on any atom is -0.325 e. The van der Waals surface area contributed by atoms with Gasteiger partial charge in [0.25, 0.3) is 0 Å². The highest BCUT2D eigenvalue weighted by Gasteiger charge is 2.25. The SMILES string of the molecule is C[C@@H]1CCCN([C@H](C)C(=O)Nc2ccccc2)C1. The summed E-state index contributed by atoms with van der Waals surface area (Å²) in [6, 6.07) is 9.61. The van der Waals surface area contributed by atoms with Gasteiger partial charge in [-0.25, -0.2) is 0 Å². The van der Waals surface area contributed by atoms with Crippen LogP contribution < -0.4 is 5.32 Å². The van der Waals surface area contributed by atoms with E-state index in [0.717, 1.165) is 18.8 Å². The molecule has 1 saturated heterocycles. The molecule has 3 nitrogen and oxygen atoms in total. The molecule has 1 N–H and O–H groups in total. The molecule has 2 atom stereocenters. The first-order chi connectivity index (χ1) is 8.66. The minimum atomic E-state index is -0.0482. The summed E-state index contributed by atoms with van der Waals surface area (Å²) < 4.78 is 0. The molecule has 2 rings (SSSR count). The smallest absolute Gasteiger partial charge is 0.241 e. The van der Waals surface area contributed by atoms with E-state index in [-0.39, 0.29) is 11.9 Å².